The Bertz CT molecular complexity index is 506. The lowest BCUT2D eigenvalue weighted by Gasteiger charge is -2.35. The molecule has 1 aliphatic heterocycles. The van der Waals surface area contributed by atoms with Crippen molar-refractivity contribution >= 4 is 6.09 Å². The van der Waals surface area contributed by atoms with E-state index >= 15 is 0 Å². The van der Waals surface area contributed by atoms with Crippen LogP contribution in [0.4, 0.5) is 9.18 Å². The van der Waals surface area contributed by atoms with E-state index in [9.17, 15) is 9.18 Å². The molecule has 0 saturated carbocycles. The minimum Gasteiger partial charge on any atom is -0.444 e. The predicted octanol–water partition coefficient (Wildman–Crippen LogP) is 2.92. The van der Waals surface area contributed by atoms with Gasteiger partial charge in [-0.1, -0.05) is 18.2 Å². The fraction of sp³-hybridized carbons (Fsp3) is 0.588. The Balaban J connectivity index is 1.76. The molecule has 2 rings (SSSR count). The minimum absolute atomic E-state index is 0.144. The molecule has 1 saturated heterocycles. The van der Waals surface area contributed by atoms with E-state index in [-0.39, 0.29) is 11.9 Å². The molecule has 0 N–H and O–H groups in total. The summed E-state index contributed by atoms with van der Waals surface area (Å²) in [6.45, 7) is 9.34. The predicted molar refractivity (Wildman–Crippen MR) is 84.4 cm³/mol. The Labute approximate surface area is 131 Å². The van der Waals surface area contributed by atoms with Crippen molar-refractivity contribution in [3.05, 3.63) is 35.6 Å². The highest BCUT2D eigenvalue weighted by atomic mass is 19.1. The van der Waals surface area contributed by atoms with Gasteiger partial charge in [0, 0.05) is 32.7 Å². The molecule has 1 aromatic rings. The number of piperazine rings is 1. The second-order valence-corrected chi connectivity index (χ2v) is 6.65. The van der Waals surface area contributed by atoms with Crippen molar-refractivity contribution in [2.45, 2.75) is 32.8 Å². The van der Waals surface area contributed by atoms with Crippen LogP contribution in [-0.4, -0.2) is 54.2 Å². The first-order valence-electron chi connectivity index (χ1n) is 7.79. The van der Waals surface area contributed by atoms with E-state index in [1.165, 1.54) is 6.07 Å². The number of amides is 1. The first kappa shape index (κ1) is 16.7. The number of ether oxygens (including phenoxy) is 1. The van der Waals surface area contributed by atoms with Crippen molar-refractivity contribution < 1.29 is 13.9 Å². The van der Waals surface area contributed by atoms with Crippen molar-refractivity contribution in [1.82, 2.24) is 9.80 Å². The van der Waals surface area contributed by atoms with Crippen LogP contribution >= 0.6 is 0 Å². The quantitative estimate of drug-likeness (QED) is 0.861. The fourth-order valence-corrected chi connectivity index (χ4v) is 2.46. The zero-order valence-corrected chi connectivity index (χ0v) is 13.6. The maximum Gasteiger partial charge on any atom is 0.410 e. The second-order valence-electron chi connectivity index (χ2n) is 6.65. The molecule has 4 nitrogen and oxygen atoms in total. The van der Waals surface area contributed by atoms with Crippen molar-refractivity contribution in [2.24, 2.45) is 0 Å². The van der Waals surface area contributed by atoms with Crippen LogP contribution in [-0.2, 0) is 11.2 Å². The Morgan fingerprint density at radius 2 is 1.82 bits per heavy atom. The summed E-state index contributed by atoms with van der Waals surface area (Å²) in [5.41, 5.74) is 0.288. The molecular formula is C17H25FN2O2. The lowest BCUT2D eigenvalue weighted by Crippen LogP contribution is -2.50. The number of benzene rings is 1. The molecule has 0 bridgehead atoms. The zero-order valence-electron chi connectivity index (χ0n) is 13.6. The van der Waals surface area contributed by atoms with Gasteiger partial charge in [-0.15, -0.1) is 0 Å². The molecule has 0 unspecified atom stereocenters. The first-order valence-corrected chi connectivity index (χ1v) is 7.79. The maximum atomic E-state index is 13.6. The number of hydrogen-bond acceptors (Lipinski definition) is 3. The Hall–Kier alpha value is -1.62. The standard InChI is InChI=1S/C17H25FN2O2/c1-17(2,3)22-16(21)20-12-10-19(11-13-20)9-8-14-6-4-5-7-15(14)18/h4-7H,8-13H2,1-3H3. The summed E-state index contributed by atoms with van der Waals surface area (Å²) in [6.07, 6.45) is 0.445. The van der Waals surface area contributed by atoms with E-state index in [4.69, 9.17) is 4.74 Å². The lowest BCUT2D eigenvalue weighted by atomic mass is 10.1. The van der Waals surface area contributed by atoms with E-state index in [1.54, 1.807) is 11.0 Å². The summed E-state index contributed by atoms with van der Waals surface area (Å²) in [7, 11) is 0. The van der Waals surface area contributed by atoms with Gasteiger partial charge < -0.3 is 9.64 Å². The highest BCUT2D eigenvalue weighted by Crippen LogP contribution is 2.13. The van der Waals surface area contributed by atoms with Crippen LogP contribution in [0.15, 0.2) is 24.3 Å². The number of carbonyl (C=O) groups excluding carboxylic acids is 1. The molecular weight excluding hydrogens is 283 g/mol. The van der Waals surface area contributed by atoms with Crippen LogP contribution in [0.1, 0.15) is 26.3 Å². The molecule has 1 aliphatic rings. The molecule has 5 heteroatoms. The van der Waals surface area contributed by atoms with Crippen LogP contribution in [0.3, 0.4) is 0 Å². The zero-order chi connectivity index (χ0) is 16.2. The number of hydrogen-bond donors (Lipinski definition) is 0. The molecule has 1 amide bonds. The van der Waals surface area contributed by atoms with Crippen LogP contribution in [0.5, 0.6) is 0 Å². The largest absolute Gasteiger partial charge is 0.444 e. The van der Waals surface area contributed by atoms with Crippen LogP contribution in [0.25, 0.3) is 0 Å². The summed E-state index contributed by atoms with van der Waals surface area (Å²) in [5.74, 6) is -0.144. The van der Waals surface area contributed by atoms with Gasteiger partial charge in [-0.25, -0.2) is 9.18 Å². The van der Waals surface area contributed by atoms with Gasteiger partial charge in [0.15, 0.2) is 0 Å². The summed E-state index contributed by atoms with van der Waals surface area (Å²) >= 11 is 0. The van der Waals surface area contributed by atoms with Crippen molar-refractivity contribution in [1.29, 1.82) is 0 Å². The van der Waals surface area contributed by atoms with Crippen LogP contribution < -0.4 is 0 Å². The molecule has 0 aromatic heterocycles. The fourth-order valence-electron chi connectivity index (χ4n) is 2.46. The second kappa shape index (κ2) is 7.09. The van der Waals surface area contributed by atoms with Gasteiger partial charge in [-0.2, -0.15) is 0 Å². The number of carbonyl (C=O) groups is 1. The van der Waals surface area contributed by atoms with Crippen LogP contribution in [0, 0.1) is 5.82 Å². The average Bonchev–Trinajstić information content (AvgIpc) is 2.45. The van der Waals surface area contributed by atoms with E-state index in [2.05, 4.69) is 4.90 Å². The molecule has 0 aliphatic carbocycles. The summed E-state index contributed by atoms with van der Waals surface area (Å²) in [5, 5.41) is 0. The first-order chi connectivity index (χ1) is 10.3. The molecule has 1 fully saturated rings. The normalized spacial score (nSPS) is 16.6. The highest BCUT2D eigenvalue weighted by Gasteiger charge is 2.25. The summed E-state index contributed by atoms with van der Waals surface area (Å²) < 4.78 is 19.0. The van der Waals surface area contributed by atoms with E-state index in [0.717, 1.165) is 25.2 Å². The van der Waals surface area contributed by atoms with E-state index < -0.39 is 5.60 Å². The monoisotopic (exact) mass is 308 g/mol. The number of halogens is 1. The molecule has 122 valence electrons. The van der Waals surface area contributed by atoms with E-state index in [1.807, 2.05) is 32.9 Å². The molecule has 1 aromatic carbocycles. The molecule has 0 spiro atoms. The van der Waals surface area contributed by atoms with Crippen molar-refractivity contribution in [3.8, 4) is 0 Å². The number of rotatable bonds is 3. The summed E-state index contributed by atoms with van der Waals surface area (Å²) in [6, 6.07) is 6.89. The van der Waals surface area contributed by atoms with Gasteiger partial charge in [0.05, 0.1) is 0 Å². The minimum atomic E-state index is -0.459. The molecule has 22 heavy (non-hydrogen) atoms. The van der Waals surface area contributed by atoms with Gasteiger partial charge in [-0.05, 0) is 38.8 Å². The molecule has 0 radical (unpaired) electrons. The smallest absolute Gasteiger partial charge is 0.410 e. The summed E-state index contributed by atoms with van der Waals surface area (Å²) in [4.78, 5) is 16.0. The third-order valence-electron chi connectivity index (χ3n) is 3.68. The van der Waals surface area contributed by atoms with Gasteiger partial charge >= 0.3 is 6.09 Å². The van der Waals surface area contributed by atoms with E-state index in [0.29, 0.717) is 19.5 Å². The Morgan fingerprint density at radius 1 is 1.18 bits per heavy atom. The van der Waals surface area contributed by atoms with Gasteiger partial charge in [-0.3, -0.25) is 4.90 Å². The third kappa shape index (κ3) is 4.98. The van der Waals surface area contributed by atoms with Gasteiger partial charge in [0.25, 0.3) is 0 Å². The average molecular weight is 308 g/mol. The topological polar surface area (TPSA) is 32.8 Å². The van der Waals surface area contributed by atoms with Crippen molar-refractivity contribution in [2.75, 3.05) is 32.7 Å². The van der Waals surface area contributed by atoms with Gasteiger partial charge in [0.2, 0.25) is 0 Å². The Morgan fingerprint density at radius 3 is 2.41 bits per heavy atom. The van der Waals surface area contributed by atoms with Gasteiger partial charge in [0.1, 0.15) is 11.4 Å². The Kier molecular flexibility index (Phi) is 5.40. The maximum absolute atomic E-state index is 13.6. The SMILES string of the molecule is CC(C)(C)OC(=O)N1CCN(CCc2ccccc2F)CC1. The third-order valence-corrected chi connectivity index (χ3v) is 3.68. The molecule has 1 heterocycles. The number of nitrogens with zero attached hydrogens (tertiary/aromatic N) is 2. The highest BCUT2D eigenvalue weighted by molar-refractivity contribution is 5.68. The molecule has 0 atom stereocenters. The van der Waals surface area contributed by atoms with Crippen LogP contribution in [0.2, 0.25) is 0 Å². The van der Waals surface area contributed by atoms with Crippen molar-refractivity contribution in [3.63, 3.8) is 0 Å². The lowest BCUT2D eigenvalue weighted by molar-refractivity contribution is 0.0146.